The Morgan fingerprint density at radius 1 is 0.860 bits per heavy atom. The maximum Gasteiger partial charge on any atom is 0.412 e. The van der Waals surface area contributed by atoms with Gasteiger partial charge >= 0.3 is 12.1 Å². The highest BCUT2D eigenvalue weighted by Crippen LogP contribution is 2.53. The standard InChI is InChI=1S/C36H36N2O5/c1-24(2)20-30-36(34(40)37(30)23-31(39)42-3,22-25-18-19-26-12-10-11-17-29(26)21-25)38-32(27-13-6-4-7-14-27)33(43-35(38)41)28-15-8-5-9-16-28/h4-19,21,24,30,32-33H,20,22-23H2,1-3H3/t30-,32+,33?,36-/m1/s1. The number of nitrogens with zero attached hydrogens (tertiary/aromatic N) is 2. The van der Waals surface area contributed by atoms with Crippen LogP contribution in [0.5, 0.6) is 0 Å². The molecule has 0 radical (unpaired) electrons. The van der Waals surface area contributed by atoms with Crippen molar-refractivity contribution in [3.8, 4) is 0 Å². The summed E-state index contributed by atoms with van der Waals surface area (Å²) in [7, 11) is 1.32. The van der Waals surface area contributed by atoms with Gasteiger partial charge in [-0.1, -0.05) is 117 Å². The van der Waals surface area contributed by atoms with Gasteiger partial charge in [0, 0.05) is 6.42 Å². The van der Waals surface area contributed by atoms with Gasteiger partial charge in [0.15, 0.2) is 6.10 Å². The summed E-state index contributed by atoms with van der Waals surface area (Å²) in [5.74, 6) is -0.580. The average Bonchev–Trinajstić information content (AvgIpc) is 3.39. The zero-order chi connectivity index (χ0) is 30.1. The van der Waals surface area contributed by atoms with E-state index in [-0.39, 0.29) is 24.8 Å². The normalized spacial score (nSPS) is 23.4. The van der Waals surface area contributed by atoms with Crippen LogP contribution in [0.2, 0.25) is 0 Å². The zero-order valence-corrected chi connectivity index (χ0v) is 24.7. The third kappa shape index (κ3) is 5.03. The molecule has 2 heterocycles. The van der Waals surface area contributed by atoms with Gasteiger partial charge in [0.05, 0.1) is 13.2 Å². The Hall–Kier alpha value is -4.65. The van der Waals surface area contributed by atoms with Crippen molar-refractivity contribution in [3.05, 3.63) is 120 Å². The molecule has 2 aliphatic heterocycles. The molecule has 4 aromatic carbocycles. The Bertz CT molecular complexity index is 1640. The molecule has 2 aliphatic rings. The lowest BCUT2D eigenvalue weighted by Gasteiger charge is -2.60. The second kappa shape index (κ2) is 11.6. The molecule has 7 nitrogen and oxygen atoms in total. The molecule has 0 N–H and O–H groups in total. The number of carbonyl (C=O) groups is 3. The second-order valence-corrected chi connectivity index (χ2v) is 11.9. The van der Waals surface area contributed by atoms with Crippen molar-refractivity contribution in [2.24, 2.45) is 5.92 Å². The summed E-state index contributed by atoms with van der Waals surface area (Å²) in [5.41, 5.74) is 1.39. The number of benzene rings is 4. The highest BCUT2D eigenvalue weighted by atomic mass is 16.6. The average molecular weight is 577 g/mol. The second-order valence-electron chi connectivity index (χ2n) is 11.9. The molecule has 2 saturated heterocycles. The van der Waals surface area contributed by atoms with Gasteiger partial charge in [-0.25, -0.2) is 4.79 Å². The number of amides is 2. The van der Waals surface area contributed by atoms with Crippen LogP contribution in [0.25, 0.3) is 10.8 Å². The van der Waals surface area contributed by atoms with Crippen LogP contribution in [-0.2, 0) is 25.5 Å². The van der Waals surface area contributed by atoms with Crippen molar-refractivity contribution in [1.82, 2.24) is 9.80 Å². The van der Waals surface area contributed by atoms with Gasteiger partial charge in [-0.05, 0) is 39.8 Å². The molecule has 2 amide bonds. The summed E-state index contributed by atoms with van der Waals surface area (Å²) in [5, 5.41) is 2.15. The highest BCUT2D eigenvalue weighted by molar-refractivity contribution is 6.00. The predicted molar refractivity (Wildman–Crippen MR) is 164 cm³/mol. The largest absolute Gasteiger partial charge is 0.468 e. The minimum absolute atomic E-state index is 0.173. The molecule has 220 valence electrons. The summed E-state index contributed by atoms with van der Waals surface area (Å²) in [6.07, 6.45) is -0.279. The van der Waals surface area contributed by atoms with Crippen LogP contribution in [0, 0.1) is 5.92 Å². The number of carbonyl (C=O) groups excluding carboxylic acids is 3. The third-order valence-corrected chi connectivity index (χ3v) is 8.76. The van der Waals surface area contributed by atoms with E-state index in [0.717, 1.165) is 27.5 Å². The number of cyclic esters (lactones) is 1. The summed E-state index contributed by atoms with van der Waals surface area (Å²) < 4.78 is 11.1. The molecular weight excluding hydrogens is 540 g/mol. The monoisotopic (exact) mass is 576 g/mol. The fourth-order valence-corrected chi connectivity index (χ4v) is 6.84. The Morgan fingerprint density at radius 3 is 2.14 bits per heavy atom. The molecule has 2 fully saturated rings. The number of likely N-dealkylation sites (tertiary alicyclic amines) is 1. The lowest BCUT2D eigenvalue weighted by atomic mass is 9.69. The summed E-state index contributed by atoms with van der Waals surface area (Å²) in [6, 6.07) is 32.7. The van der Waals surface area contributed by atoms with Crippen LogP contribution in [0.3, 0.4) is 0 Å². The van der Waals surface area contributed by atoms with E-state index >= 15 is 0 Å². The van der Waals surface area contributed by atoms with E-state index in [0.29, 0.717) is 6.42 Å². The third-order valence-electron chi connectivity index (χ3n) is 8.76. The first-order valence-electron chi connectivity index (χ1n) is 14.8. The van der Waals surface area contributed by atoms with Crippen molar-refractivity contribution in [2.45, 2.75) is 50.4 Å². The topological polar surface area (TPSA) is 76.2 Å². The molecule has 0 saturated carbocycles. The zero-order valence-electron chi connectivity index (χ0n) is 24.7. The summed E-state index contributed by atoms with van der Waals surface area (Å²) in [4.78, 5) is 44.6. The van der Waals surface area contributed by atoms with Crippen LogP contribution in [-0.4, -0.2) is 53.0 Å². The number of β-lactam (4-membered cyclic amide) rings is 1. The number of hydrogen-bond acceptors (Lipinski definition) is 5. The van der Waals surface area contributed by atoms with Gasteiger partial charge < -0.3 is 14.4 Å². The van der Waals surface area contributed by atoms with Gasteiger partial charge in [0.2, 0.25) is 0 Å². The van der Waals surface area contributed by atoms with Crippen molar-refractivity contribution in [3.63, 3.8) is 0 Å². The fraction of sp³-hybridized carbons (Fsp3) is 0.306. The van der Waals surface area contributed by atoms with Crippen LogP contribution in [0.4, 0.5) is 4.79 Å². The number of esters is 1. The summed E-state index contributed by atoms with van der Waals surface area (Å²) >= 11 is 0. The van der Waals surface area contributed by atoms with Crippen molar-refractivity contribution in [1.29, 1.82) is 0 Å². The van der Waals surface area contributed by atoms with Gasteiger partial charge in [-0.3, -0.25) is 14.5 Å². The molecule has 4 atom stereocenters. The van der Waals surface area contributed by atoms with E-state index in [1.807, 2.05) is 84.9 Å². The Morgan fingerprint density at radius 2 is 1.49 bits per heavy atom. The van der Waals surface area contributed by atoms with Crippen molar-refractivity contribution < 1.29 is 23.9 Å². The van der Waals surface area contributed by atoms with E-state index in [4.69, 9.17) is 9.47 Å². The lowest BCUT2D eigenvalue weighted by molar-refractivity contribution is -0.181. The van der Waals surface area contributed by atoms with E-state index < -0.39 is 35.8 Å². The molecule has 43 heavy (non-hydrogen) atoms. The molecule has 0 aliphatic carbocycles. The molecule has 6 rings (SSSR count). The molecule has 0 spiro atoms. The van der Waals surface area contributed by atoms with Gasteiger partial charge in [0.1, 0.15) is 18.1 Å². The number of rotatable bonds is 9. The minimum atomic E-state index is -1.28. The van der Waals surface area contributed by atoms with Crippen LogP contribution < -0.4 is 0 Å². The maximum absolute atomic E-state index is 14.6. The first-order chi connectivity index (χ1) is 20.8. The first kappa shape index (κ1) is 28.5. The first-order valence-corrected chi connectivity index (χ1v) is 14.8. The number of methoxy groups -OCH3 is 1. The van der Waals surface area contributed by atoms with Crippen LogP contribution in [0.1, 0.15) is 49.1 Å². The molecule has 0 bridgehead atoms. The fourth-order valence-electron chi connectivity index (χ4n) is 6.84. The summed E-state index contributed by atoms with van der Waals surface area (Å²) in [6.45, 7) is 4.00. The highest BCUT2D eigenvalue weighted by Gasteiger charge is 2.69. The Kier molecular flexibility index (Phi) is 7.65. The number of ether oxygens (including phenoxy) is 2. The molecular formula is C36H36N2O5. The van der Waals surface area contributed by atoms with Gasteiger partial charge in [0.25, 0.3) is 5.91 Å². The quantitative estimate of drug-likeness (QED) is 0.168. The van der Waals surface area contributed by atoms with Crippen LogP contribution >= 0.6 is 0 Å². The number of hydrogen-bond donors (Lipinski definition) is 0. The Labute approximate surface area is 252 Å². The minimum Gasteiger partial charge on any atom is -0.468 e. The SMILES string of the molecule is COC(=O)CN1C(=O)[C@](Cc2ccc3ccccc3c2)(N2C(=O)OC(c3ccccc3)[C@@H]2c2ccccc2)[C@H]1CC(C)C. The van der Waals surface area contributed by atoms with E-state index in [9.17, 15) is 14.4 Å². The van der Waals surface area contributed by atoms with Crippen molar-refractivity contribution in [2.75, 3.05) is 13.7 Å². The van der Waals surface area contributed by atoms with Gasteiger partial charge in [-0.15, -0.1) is 0 Å². The molecule has 0 aromatic heterocycles. The van der Waals surface area contributed by atoms with Crippen LogP contribution in [0.15, 0.2) is 103 Å². The predicted octanol–water partition coefficient (Wildman–Crippen LogP) is 6.49. The Balaban J connectivity index is 1.53. The molecule has 1 unspecified atom stereocenters. The van der Waals surface area contributed by atoms with Gasteiger partial charge in [-0.2, -0.15) is 0 Å². The van der Waals surface area contributed by atoms with Crippen molar-refractivity contribution >= 4 is 28.7 Å². The molecule has 4 aromatic rings. The number of fused-ring (bicyclic) bond motifs is 1. The molecule has 7 heteroatoms. The maximum atomic E-state index is 14.6. The smallest absolute Gasteiger partial charge is 0.412 e. The van der Waals surface area contributed by atoms with E-state index in [1.165, 1.54) is 7.11 Å². The van der Waals surface area contributed by atoms with E-state index in [2.05, 4.69) is 32.0 Å². The lowest BCUT2D eigenvalue weighted by Crippen LogP contribution is -2.81. The van der Waals surface area contributed by atoms with E-state index in [1.54, 1.807) is 9.80 Å².